The maximum Gasteiger partial charge on any atom is 0.416 e. The van der Waals surface area contributed by atoms with Crippen molar-refractivity contribution >= 4 is 11.6 Å². The van der Waals surface area contributed by atoms with Crippen molar-refractivity contribution in [1.29, 1.82) is 0 Å². The summed E-state index contributed by atoms with van der Waals surface area (Å²) >= 11 is 0. The molecule has 0 bridgehead atoms. The molecule has 0 aromatic heterocycles. The van der Waals surface area contributed by atoms with Crippen LogP contribution >= 0.6 is 0 Å². The molecule has 1 fully saturated rings. The third-order valence-electron chi connectivity index (χ3n) is 4.34. The Morgan fingerprint density at radius 2 is 2.00 bits per heavy atom. The SMILES string of the molecule is CCNCC1CCN(C(=O)c2ccc(C(F)(F)F)cc2[N+](=O)[O-])CC1. The van der Waals surface area contributed by atoms with E-state index in [4.69, 9.17) is 0 Å². The van der Waals surface area contributed by atoms with Crippen molar-refractivity contribution in [3.63, 3.8) is 0 Å². The second kappa shape index (κ2) is 7.81. The van der Waals surface area contributed by atoms with Crippen LogP contribution < -0.4 is 5.32 Å². The van der Waals surface area contributed by atoms with E-state index >= 15 is 0 Å². The van der Waals surface area contributed by atoms with Gasteiger partial charge in [-0.25, -0.2) is 0 Å². The van der Waals surface area contributed by atoms with Crippen LogP contribution in [0.1, 0.15) is 35.7 Å². The van der Waals surface area contributed by atoms with E-state index in [2.05, 4.69) is 5.32 Å². The Hall–Kier alpha value is -2.16. The molecule has 1 heterocycles. The minimum absolute atomic E-state index is 0.303. The molecule has 0 aliphatic carbocycles. The van der Waals surface area contributed by atoms with Gasteiger partial charge in [0, 0.05) is 19.2 Å². The minimum atomic E-state index is -4.70. The molecule has 1 aliphatic heterocycles. The highest BCUT2D eigenvalue weighted by molar-refractivity contribution is 5.98. The summed E-state index contributed by atoms with van der Waals surface area (Å²) in [5.41, 5.74) is -2.25. The summed E-state index contributed by atoms with van der Waals surface area (Å²) in [4.78, 5) is 24.2. The Balaban J connectivity index is 2.15. The molecule has 25 heavy (non-hydrogen) atoms. The van der Waals surface area contributed by atoms with Gasteiger partial charge >= 0.3 is 6.18 Å². The fraction of sp³-hybridized carbons (Fsp3) is 0.562. The second-order valence-corrected chi connectivity index (χ2v) is 6.03. The predicted molar refractivity (Wildman–Crippen MR) is 85.3 cm³/mol. The summed E-state index contributed by atoms with van der Waals surface area (Å²) in [6, 6.07) is 2.03. The number of amides is 1. The number of carbonyl (C=O) groups excluding carboxylic acids is 1. The molecule has 2 rings (SSSR count). The molecule has 1 aromatic rings. The Labute approximate surface area is 143 Å². The number of hydrogen-bond donors (Lipinski definition) is 1. The molecule has 6 nitrogen and oxygen atoms in total. The van der Waals surface area contributed by atoms with E-state index < -0.39 is 28.3 Å². The van der Waals surface area contributed by atoms with Crippen molar-refractivity contribution in [1.82, 2.24) is 10.2 Å². The highest BCUT2D eigenvalue weighted by Crippen LogP contribution is 2.33. The number of hydrogen-bond acceptors (Lipinski definition) is 4. The van der Waals surface area contributed by atoms with Crippen molar-refractivity contribution in [2.45, 2.75) is 25.9 Å². The molecule has 9 heteroatoms. The number of halogens is 3. The largest absolute Gasteiger partial charge is 0.416 e. The standard InChI is InChI=1S/C16H20F3N3O3/c1-2-20-10-11-5-7-21(8-6-11)15(23)13-4-3-12(16(17,18)19)9-14(13)22(24)25/h3-4,9,11,20H,2,5-8,10H2,1H3. The van der Waals surface area contributed by atoms with Gasteiger partial charge in [-0.15, -0.1) is 0 Å². The average molecular weight is 359 g/mol. The van der Waals surface area contributed by atoms with Crippen LogP contribution in [-0.2, 0) is 6.18 Å². The zero-order valence-corrected chi connectivity index (χ0v) is 13.8. The predicted octanol–water partition coefficient (Wildman–Crippen LogP) is 3.08. The van der Waals surface area contributed by atoms with E-state index in [0.29, 0.717) is 31.1 Å². The average Bonchev–Trinajstić information content (AvgIpc) is 2.58. The zero-order valence-electron chi connectivity index (χ0n) is 13.8. The molecule has 1 N–H and O–H groups in total. The Morgan fingerprint density at radius 3 is 2.52 bits per heavy atom. The molecule has 1 saturated heterocycles. The van der Waals surface area contributed by atoms with Crippen molar-refractivity contribution in [3.05, 3.63) is 39.4 Å². The van der Waals surface area contributed by atoms with E-state index in [-0.39, 0.29) is 5.56 Å². The number of nitro benzene ring substituents is 1. The summed E-state index contributed by atoms with van der Waals surface area (Å²) in [7, 11) is 0. The van der Waals surface area contributed by atoms with E-state index in [9.17, 15) is 28.1 Å². The van der Waals surface area contributed by atoms with Crippen molar-refractivity contribution < 1.29 is 22.9 Å². The topological polar surface area (TPSA) is 75.5 Å². The van der Waals surface area contributed by atoms with E-state index in [1.165, 1.54) is 4.90 Å². The normalized spacial score (nSPS) is 16.1. The summed E-state index contributed by atoms with van der Waals surface area (Å²) in [5.74, 6) is -0.172. The van der Waals surface area contributed by atoms with Crippen LogP contribution in [0, 0.1) is 16.0 Å². The Kier molecular flexibility index (Phi) is 5.99. The molecule has 0 unspecified atom stereocenters. The maximum atomic E-state index is 12.7. The van der Waals surface area contributed by atoms with Gasteiger partial charge in [-0.1, -0.05) is 6.92 Å². The number of carbonyl (C=O) groups is 1. The second-order valence-electron chi connectivity index (χ2n) is 6.03. The van der Waals surface area contributed by atoms with Gasteiger partial charge in [-0.2, -0.15) is 13.2 Å². The fourth-order valence-electron chi connectivity index (χ4n) is 2.90. The molecule has 1 amide bonds. The van der Waals surface area contributed by atoms with Gasteiger partial charge in [0.05, 0.1) is 10.5 Å². The first-order valence-electron chi connectivity index (χ1n) is 8.09. The van der Waals surface area contributed by atoms with Gasteiger partial charge in [0.2, 0.25) is 0 Å². The van der Waals surface area contributed by atoms with Crippen LogP contribution in [0.15, 0.2) is 18.2 Å². The number of piperidine rings is 1. The monoisotopic (exact) mass is 359 g/mol. The van der Waals surface area contributed by atoms with Crippen molar-refractivity contribution in [2.75, 3.05) is 26.2 Å². The highest BCUT2D eigenvalue weighted by atomic mass is 19.4. The number of rotatable bonds is 5. The minimum Gasteiger partial charge on any atom is -0.338 e. The summed E-state index contributed by atoms with van der Waals surface area (Å²) in [6.07, 6.45) is -3.18. The molecule has 1 aromatic carbocycles. The number of likely N-dealkylation sites (tertiary alicyclic amines) is 1. The summed E-state index contributed by atoms with van der Waals surface area (Å²) < 4.78 is 38.2. The Bertz CT molecular complexity index is 641. The van der Waals surface area contributed by atoms with Crippen LogP contribution in [0.5, 0.6) is 0 Å². The lowest BCUT2D eigenvalue weighted by Gasteiger charge is -2.32. The number of nitrogens with zero attached hydrogens (tertiary/aromatic N) is 2. The lowest BCUT2D eigenvalue weighted by atomic mass is 9.96. The molecular formula is C16H20F3N3O3. The first-order valence-corrected chi connectivity index (χ1v) is 8.09. The number of nitrogens with one attached hydrogen (secondary N) is 1. The van der Waals surface area contributed by atoms with E-state index in [0.717, 1.165) is 32.0 Å². The lowest BCUT2D eigenvalue weighted by Crippen LogP contribution is -2.41. The lowest BCUT2D eigenvalue weighted by molar-refractivity contribution is -0.385. The Morgan fingerprint density at radius 1 is 1.36 bits per heavy atom. The number of alkyl halides is 3. The number of nitro groups is 1. The quantitative estimate of drug-likeness (QED) is 0.648. The van der Waals surface area contributed by atoms with E-state index in [1.54, 1.807) is 0 Å². The van der Waals surface area contributed by atoms with Crippen LogP contribution in [-0.4, -0.2) is 41.9 Å². The summed E-state index contributed by atoms with van der Waals surface area (Å²) in [5, 5.41) is 14.4. The maximum absolute atomic E-state index is 12.7. The molecular weight excluding hydrogens is 339 g/mol. The number of benzene rings is 1. The first-order chi connectivity index (χ1) is 11.7. The third-order valence-corrected chi connectivity index (χ3v) is 4.34. The summed E-state index contributed by atoms with van der Waals surface area (Å²) in [6.45, 7) is 4.58. The third kappa shape index (κ3) is 4.68. The van der Waals surface area contributed by atoms with Crippen LogP contribution in [0.3, 0.4) is 0 Å². The van der Waals surface area contributed by atoms with E-state index in [1.807, 2.05) is 6.92 Å². The van der Waals surface area contributed by atoms with Crippen LogP contribution in [0.25, 0.3) is 0 Å². The van der Waals surface area contributed by atoms with Crippen LogP contribution in [0.4, 0.5) is 18.9 Å². The molecule has 0 radical (unpaired) electrons. The van der Waals surface area contributed by atoms with Gasteiger partial charge < -0.3 is 10.2 Å². The van der Waals surface area contributed by atoms with Crippen molar-refractivity contribution in [3.8, 4) is 0 Å². The molecule has 0 spiro atoms. The van der Waals surface area contributed by atoms with Gasteiger partial charge in [0.1, 0.15) is 5.56 Å². The molecule has 0 atom stereocenters. The van der Waals surface area contributed by atoms with Gasteiger partial charge in [0.15, 0.2) is 0 Å². The van der Waals surface area contributed by atoms with Gasteiger partial charge in [-0.05, 0) is 44.0 Å². The van der Waals surface area contributed by atoms with Gasteiger partial charge in [0.25, 0.3) is 11.6 Å². The fourth-order valence-corrected chi connectivity index (χ4v) is 2.90. The highest BCUT2D eigenvalue weighted by Gasteiger charge is 2.35. The zero-order chi connectivity index (χ0) is 18.6. The van der Waals surface area contributed by atoms with Crippen molar-refractivity contribution in [2.24, 2.45) is 5.92 Å². The molecule has 138 valence electrons. The first kappa shape index (κ1) is 19.2. The van der Waals surface area contributed by atoms with Crippen LogP contribution in [0.2, 0.25) is 0 Å². The molecule has 0 saturated carbocycles. The molecule has 1 aliphatic rings. The smallest absolute Gasteiger partial charge is 0.338 e. The van der Waals surface area contributed by atoms with Gasteiger partial charge in [-0.3, -0.25) is 14.9 Å².